The second-order valence-corrected chi connectivity index (χ2v) is 6.13. The average Bonchev–Trinajstić information content (AvgIpc) is 2.58. The van der Waals surface area contributed by atoms with Gasteiger partial charge in [-0.05, 0) is 61.7 Å². The van der Waals surface area contributed by atoms with Crippen LogP contribution in [0.25, 0.3) is 0 Å². The maximum absolute atomic E-state index is 12.4. The highest BCUT2D eigenvalue weighted by atomic mass is 16.4. The van der Waals surface area contributed by atoms with E-state index in [1.165, 1.54) is 0 Å². The molecular formula is C20H22N2O4. The van der Waals surface area contributed by atoms with Crippen LogP contribution in [0.5, 0.6) is 0 Å². The maximum Gasteiger partial charge on any atom is 0.303 e. The molecule has 0 spiro atoms. The third kappa shape index (κ3) is 5.73. The monoisotopic (exact) mass is 354 g/mol. The van der Waals surface area contributed by atoms with E-state index in [1.54, 1.807) is 24.3 Å². The SMILES string of the molecule is Cc1ccc(NC(=O)c2cccc(NC(=O)CCCC(=O)O)c2)cc1C. The Morgan fingerprint density at radius 2 is 1.62 bits per heavy atom. The van der Waals surface area contributed by atoms with Crippen molar-refractivity contribution in [3.63, 3.8) is 0 Å². The number of aryl methyl sites for hydroxylation is 2. The van der Waals surface area contributed by atoms with Gasteiger partial charge < -0.3 is 15.7 Å². The Bertz CT molecular complexity index is 830. The Morgan fingerprint density at radius 3 is 2.31 bits per heavy atom. The Hall–Kier alpha value is -3.15. The van der Waals surface area contributed by atoms with Crippen LogP contribution < -0.4 is 10.6 Å². The third-order valence-electron chi connectivity index (χ3n) is 3.97. The summed E-state index contributed by atoms with van der Waals surface area (Å²) in [4.78, 5) is 34.7. The summed E-state index contributed by atoms with van der Waals surface area (Å²) in [5.41, 5.74) is 3.87. The lowest BCUT2D eigenvalue weighted by Gasteiger charge is -2.09. The minimum absolute atomic E-state index is 0.0498. The fourth-order valence-corrected chi connectivity index (χ4v) is 2.38. The number of carbonyl (C=O) groups is 3. The van der Waals surface area contributed by atoms with E-state index in [1.807, 2.05) is 32.0 Å². The lowest BCUT2D eigenvalue weighted by atomic mass is 10.1. The molecule has 0 radical (unpaired) electrons. The molecule has 136 valence electrons. The molecule has 26 heavy (non-hydrogen) atoms. The highest BCUT2D eigenvalue weighted by Crippen LogP contribution is 2.17. The van der Waals surface area contributed by atoms with Gasteiger partial charge in [0.25, 0.3) is 5.91 Å². The summed E-state index contributed by atoms with van der Waals surface area (Å²) in [5.74, 6) is -1.48. The maximum atomic E-state index is 12.4. The second-order valence-electron chi connectivity index (χ2n) is 6.13. The van der Waals surface area contributed by atoms with Crippen LogP contribution in [0.2, 0.25) is 0 Å². The molecular weight excluding hydrogens is 332 g/mol. The van der Waals surface area contributed by atoms with E-state index in [0.29, 0.717) is 16.9 Å². The first-order chi connectivity index (χ1) is 12.3. The number of amides is 2. The zero-order valence-corrected chi connectivity index (χ0v) is 14.8. The molecule has 0 fully saturated rings. The summed E-state index contributed by atoms with van der Waals surface area (Å²) in [6, 6.07) is 12.3. The van der Waals surface area contributed by atoms with Crippen LogP contribution >= 0.6 is 0 Å². The summed E-state index contributed by atoms with van der Waals surface area (Å²) >= 11 is 0. The fourth-order valence-electron chi connectivity index (χ4n) is 2.38. The largest absolute Gasteiger partial charge is 0.481 e. The molecule has 0 atom stereocenters. The number of aliphatic carboxylic acids is 1. The summed E-state index contributed by atoms with van der Waals surface area (Å²) in [7, 11) is 0. The van der Waals surface area contributed by atoms with E-state index in [2.05, 4.69) is 10.6 Å². The van der Waals surface area contributed by atoms with E-state index >= 15 is 0 Å². The topological polar surface area (TPSA) is 95.5 Å². The van der Waals surface area contributed by atoms with Crippen molar-refractivity contribution >= 4 is 29.2 Å². The molecule has 0 aliphatic rings. The summed E-state index contributed by atoms with van der Waals surface area (Å²) in [6.45, 7) is 3.98. The van der Waals surface area contributed by atoms with Gasteiger partial charge in [0.15, 0.2) is 0 Å². The van der Waals surface area contributed by atoms with Crippen LogP contribution in [0, 0.1) is 13.8 Å². The number of benzene rings is 2. The van der Waals surface area contributed by atoms with E-state index in [9.17, 15) is 14.4 Å². The minimum Gasteiger partial charge on any atom is -0.481 e. The summed E-state index contributed by atoms with van der Waals surface area (Å²) < 4.78 is 0. The van der Waals surface area contributed by atoms with Crippen LogP contribution in [0.3, 0.4) is 0 Å². The van der Waals surface area contributed by atoms with Gasteiger partial charge in [-0.1, -0.05) is 12.1 Å². The number of carboxylic acid groups (broad SMARTS) is 1. The molecule has 0 saturated heterocycles. The molecule has 0 heterocycles. The van der Waals surface area contributed by atoms with Crippen molar-refractivity contribution in [2.75, 3.05) is 10.6 Å². The van der Waals surface area contributed by atoms with Gasteiger partial charge in [0.05, 0.1) is 0 Å². The van der Waals surface area contributed by atoms with Crippen molar-refractivity contribution in [2.24, 2.45) is 0 Å². The first kappa shape index (κ1) is 19.2. The van der Waals surface area contributed by atoms with Crippen LogP contribution in [-0.2, 0) is 9.59 Å². The van der Waals surface area contributed by atoms with Crippen LogP contribution in [-0.4, -0.2) is 22.9 Å². The van der Waals surface area contributed by atoms with Crippen molar-refractivity contribution in [1.29, 1.82) is 0 Å². The van der Waals surface area contributed by atoms with Crippen molar-refractivity contribution in [3.8, 4) is 0 Å². The molecule has 3 N–H and O–H groups in total. The average molecular weight is 354 g/mol. The van der Waals surface area contributed by atoms with Gasteiger partial charge in [0.1, 0.15) is 0 Å². The van der Waals surface area contributed by atoms with Crippen LogP contribution in [0.4, 0.5) is 11.4 Å². The smallest absolute Gasteiger partial charge is 0.303 e. The lowest BCUT2D eigenvalue weighted by Crippen LogP contribution is -2.14. The van der Waals surface area contributed by atoms with Crippen molar-refractivity contribution in [1.82, 2.24) is 0 Å². The first-order valence-corrected chi connectivity index (χ1v) is 8.35. The molecule has 2 aromatic rings. The number of carbonyl (C=O) groups excluding carboxylic acids is 2. The Kier molecular flexibility index (Phi) is 6.49. The van der Waals surface area contributed by atoms with Crippen molar-refractivity contribution in [3.05, 3.63) is 59.2 Å². The summed E-state index contributed by atoms with van der Waals surface area (Å²) in [6.07, 6.45) is 0.339. The standard InChI is InChI=1S/C20H22N2O4/c1-13-9-10-17(11-14(13)2)22-20(26)15-5-3-6-16(12-15)21-18(23)7-4-8-19(24)25/h3,5-6,9-12H,4,7-8H2,1-2H3,(H,21,23)(H,22,26)(H,24,25). The first-order valence-electron chi connectivity index (χ1n) is 8.35. The molecule has 0 unspecified atom stereocenters. The van der Waals surface area contributed by atoms with Gasteiger partial charge >= 0.3 is 5.97 Å². The van der Waals surface area contributed by atoms with Crippen LogP contribution in [0.15, 0.2) is 42.5 Å². The Labute approximate surface area is 152 Å². The van der Waals surface area contributed by atoms with E-state index in [-0.39, 0.29) is 31.1 Å². The number of carboxylic acids is 1. The molecule has 6 heteroatoms. The molecule has 0 aliphatic carbocycles. The highest BCUT2D eigenvalue weighted by Gasteiger charge is 2.09. The zero-order chi connectivity index (χ0) is 19.1. The number of anilines is 2. The predicted molar refractivity (Wildman–Crippen MR) is 100 cm³/mol. The van der Waals surface area contributed by atoms with Crippen LogP contribution in [0.1, 0.15) is 40.7 Å². The fraction of sp³-hybridized carbons (Fsp3) is 0.250. The normalized spacial score (nSPS) is 10.2. The third-order valence-corrected chi connectivity index (χ3v) is 3.97. The van der Waals surface area contributed by atoms with Gasteiger partial charge in [-0.2, -0.15) is 0 Å². The highest BCUT2D eigenvalue weighted by molar-refractivity contribution is 6.05. The molecule has 2 aromatic carbocycles. The molecule has 2 amide bonds. The van der Waals surface area contributed by atoms with E-state index < -0.39 is 5.97 Å². The van der Waals surface area contributed by atoms with E-state index in [4.69, 9.17) is 5.11 Å². The quantitative estimate of drug-likeness (QED) is 0.705. The van der Waals surface area contributed by atoms with Crippen molar-refractivity contribution < 1.29 is 19.5 Å². The van der Waals surface area contributed by atoms with Gasteiger partial charge in [-0.25, -0.2) is 0 Å². The molecule has 2 rings (SSSR count). The molecule has 6 nitrogen and oxygen atoms in total. The lowest BCUT2D eigenvalue weighted by molar-refractivity contribution is -0.137. The van der Waals surface area contributed by atoms with Crippen molar-refractivity contribution in [2.45, 2.75) is 33.1 Å². The number of rotatable bonds is 7. The molecule has 0 aliphatic heterocycles. The molecule has 0 bridgehead atoms. The van der Waals surface area contributed by atoms with E-state index in [0.717, 1.165) is 11.1 Å². The number of nitrogens with one attached hydrogen (secondary N) is 2. The van der Waals surface area contributed by atoms with Gasteiger partial charge in [0.2, 0.25) is 5.91 Å². The zero-order valence-electron chi connectivity index (χ0n) is 14.8. The second kappa shape index (κ2) is 8.80. The molecule has 0 aromatic heterocycles. The Balaban J connectivity index is 1.98. The minimum atomic E-state index is -0.928. The predicted octanol–water partition coefficient (Wildman–Crippen LogP) is 3.75. The number of hydrogen-bond acceptors (Lipinski definition) is 3. The van der Waals surface area contributed by atoms with Gasteiger partial charge in [-0.3, -0.25) is 14.4 Å². The van der Waals surface area contributed by atoms with Gasteiger partial charge in [-0.15, -0.1) is 0 Å². The molecule has 0 saturated carbocycles. The summed E-state index contributed by atoms with van der Waals surface area (Å²) in [5, 5.41) is 14.1. The number of hydrogen-bond donors (Lipinski definition) is 3. The van der Waals surface area contributed by atoms with Gasteiger partial charge in [0, 0.05) is 29.8 Å². The Morgan fingerprint density at radius 1 is 0.885 bits per heavy atom.